The van der Waals surface area contributed by atoms with E-state index in [-0.39, 0.29) is 17.9 Å². The Hall–Kier alpha value is -3.12. The minimum atomic E-state index is -0.586. The maximum absolute atomic E-state index is 13.6. The molecular weight excluding hydrogens is 424 g/mol. The van der Waals surface area contributed by atoms with E-state index in [1.165, 1.54) is 0 Å². The zero-order valence-corrected chi connectivity index (χ0v) is 21.0. The maximum atomic E-state index is 13.6. The molecule has 0 aliphatic carbocycles. The number of hydrogen-bond acceptors (Lipinski definition) is 3. The van der Waals surface area contributed by atoms with Gasteiger partial charge in [-0.1, -0.05) is 50.2 Å². The fourth-order valence-corrected chi connectivity index (χ4v) is 5.25. The molecule has 2 amide bonds. The Bertz CT molecular complexity index is 1190. The van der Waals surface area contributed by atoms with Gasteiger partial charge in [-0.3, -0.25) is 9.59 Å². The average Bonchev–Trinajstić information content (AvgIpc) is 3.29. The second kappa shape index (κ2) is 10.0. The highest BCUT2D eigenvalue weighted by Crippen LogP contribution is 2.44. The summed E-state index contributed by atoms with van der Waals surface area (Å²) in [5, 5.41) is 4.19. The van der Waals surface area contributed by atoms with Gasteiger partial charge in [-0.15, -0.1) is 0 Å². The van der Waals surface area contributed by atoms with Crippen LogP contribution in [0.2, 0.25) is 0 Å². The van der Waals surface area contributed by atoms with Crippen molar-refractivity contribution < 1.29 is 9.59 Å². The van der Waals surface area contributed by atoms with Crippen LogP contribution < -0.4 is 5.32 Å². The van der Waals surface area contributed by atoms with Crippen LogP contribution in [0.1, 0.15) is 60.4 Å². The molecular formula is C28H36N4O2. The molecule has 2 heterocycles. The Morgan fingerprint density at radius 2 is 1.76 bits per heavy atom. The molecule has 0 radical (unpaired) electrons. The van der Waals surface area contributed by atoms with Gasteiger partial charge in [0.25, 0.3) is 5.91 Å². The van der Waals surface area contributed by atoms with E-state index in [9.17, 15) is 9.59 Å². The lowest BCUT2D eigenvalue weighted by Gasteiger charge is -2.31. The first-order valence-electron chi connectivity index (χ1n) is 12.4. The number of carbonyl (C=O) groups is 2. The monoisotopic (exact) mass is 460 g/mol. The molecule has 1 aromatic heterocycles. The van der Waals surface area contributed by atoms with Gasteiger partial charge in [0.2, 0.25) is 5.91 Å². The first-order chi connectivity index (χ1) is 16.4. The van der Waals surface area contributed by atoms with Crippen LogP contribution in [0.4, 0.5) is 0 Å². The number of rotatable bonds is 9. The van der Waals surface area contributed by atoms with Crippen LogP contribution >= 0.6 is 0 Å². The van der Waals surface area contributed by atoms with E-state index in [4.69, 9.17) is 0 Å². The van der Waals surface area contributed by atoms with Crippen molar-refractivity contribution in [3.8, 4) is 0 Å². The average molecular weight is 461 g/mol. The molecule has 0 fully saturated rings. The summed E-state index contributed by atoms with van der Waals surface area (Å²) < 4.78 is 2.17. The Morgan fingerprint density at radius 1 is 1.09 bits per heavy atom. The topological polar surface area (TPSA) is 57.6 Å². The Labute approximate surface area is 202 Å². The number of hydrogen-bond donors (Lipinski definition) is 1. The zero-order chi connectivity index (χ0) is 24.4. The Morgan fingerprint density at radius 3 is 2.50 bits per heavy atom. The largest absolute Gasteiger partial charge is 0.354 e. The minimum absolute atomic E-state index is 0.0845. The quantitative estimate of drug-likeness (QED) is 0.485. The van der Waals surface area contributed by atoms with E-state index in [1.807, 2.05) is 43.3 Å². The summed E-state index contributed by atoms with van der Waals surface area (Å²) in [6, 6.07) is 15.2. The van der Waals surface area contributed by atoms with Crippen molar-refractivity contribution in [3.63, 3.8) is 0 Å². The predicted molar refractivity (Wildman–Crippen MR) is 137 cm³/mol. The molecule has 1 aliphatic rings. The zero-order valence-electron chi connectivity index (χ0n) is 21.0. The number of aromatic nitrogens is 1. The smallest absolute Gasteiger partial charge is 0.255 e. The van der Waals surface area contributed by atoms with Crippen LogP contribution in [0.5, 0.6) is 0 Å². The molecule has 3 aromatic rings. The van der Waals surface area contributed by atoms with Gasteiger partial charge in [-0.2, -0.15) is 0 Å². The van der Waals surface area contributed by atoms with Gasteiger partial charge < -0.3 is 19.7 Å². The molecule has 1 N–H and O–H groups in total. The van der Waals surface area contributed by atoms with E-state index in [2.05, 4.69) is 54.7 Å². The highest BCUT2D eigenvalue weighted by atomic mass is 16.2. The minimum Gasteiger partial charge on any atom is -0.354 e. The van der Waals surface area contributed by atoms with Crippen molar-refractivity contribution in [2.24, 2.45) is 7.05 Å². The van der Waals surface area contributed by atoms with Gasteiger partial charge in [0.05, 0.1) is 6.04 Å². The van der Waals surface area contributed by atoms with Crippen molar-refractivity contribution in [1.82, 2.24) is 19.7 Å². The van der Waals surface area contributed by atoms with Crippen LogP contribution in [0.15, 0.2) is 48.5 Å². The van der Waals surface area contributed by atoms with Gasteiger partial charge >= 0.3 is 0 Å². The molecule has 1 aliphatic heterocycles. The van der Waals surface area contributed by atoms with Gasteiger partial charge in [0.1, 0.15) is 6.04 Å². The fraction of sp³-hybridized carbons (Fsp3) is 0.429. The SMILES string of the molecule is CCN(CC)CCCNC(=O)C(C)N1C(=O)c2ccccc2C1c1c(C)n(C)c2ccccc12. The van der Waals surface area contributed by atoms with Crippen molar-refractivity contribution in [2.75, 3.05) is 26.2 Å². The first-order valence-corrected chi connectivity index (χ1v) is 12.4. The fourth-order valence-electron chi connectivity index (χ4n) is 5.25. The van der Waals surface area contributed by atoms with Crippen LogP contribution in [-0.4, -0.2) is 58.4 Å². The van der Waals surface area contributed by atoms with Gasteiger partial charge in [-0.05, 0) is 57.6 Å². The predicted octanol–water partition coefficient (Wildman–Crippen LogP) is 4.27. The molecule has 0 saturated carbocycles. The number of fused-ring (bicyclic) bond motifs is 2. The van der Waals surface area contributed by atoms with E-state index >= 15 is 0 Å². The van der Waals surface area contributed by atoms with E-state index in [0.29, 0.717) is 12.1 Å². The molecule has 2 aromatic carbocycles. The number of amides is 2. The third-order valence-electron chi connectivity index (χ3n) is 7.36. The molecule has 0 bridgehead atoms. The summed E-state index contributed by atoms with van der Waals surface area (Å²) >= 11 is 0. The Balaban J connectivity index is 1.65. The van der Waals surface area contributed by atoms with Crippen molar-refractivity contribution in [2.45, 2.75) is 46.2 Å². The summed E-state index contributed by atoms with van der Waals surface area (Å²) in [6.45, 7) is 11.8. The molecule has 0 saturated heterocycles. The van der Waals surface area contributed by atoms with Crippen molar-refractivity contribution in [1.29, 1.82) is 0 Å². The highest BCUT2D eigenvalue weighted by molar-refractivity contribution is 6.03. The molecule has 6 nitrogen and oxygen atoms in total. The standard InChI is InChI=1S/C28H36N4O2/c1-6-31(7-2)18-12-17-29-27(33)20(4)32-26(21-13-8-9-14-22(21)28(32)34)25-19(3)30(5)24-16-11-10-15-23(24)25/h8-11,13-16,20,26H,6-7,12,17-18H2,1-5H3,(H,29,33). The molecule has 6 heteroatoms. The second-order valence-electron chi connectivity index (χ2n) is 9.12. The van der Waals surface area contributed by atoms with Crippen LogP contribution in [0.25, 0.3) is 10.9 Å². The molecule has 0 spiro atoms. The molecule has 4 rings (SSSR count). The summed E-state index contributed by atoms with van der Waals surface area (Å²) in [4.78, 5) is 30.9. The van der Waals surface area contributed by atoms with Crippen LogP contribution in [0.3, 0.4) is 0 Å². The Kier molecular flexibility index (Phi) is 7.08. The van der Waals surface area contributed by atoms with Gasteiger partial charge in [0.15, 0.2) is 0 Å². The number of carbonyl (C=O) groups excluding carboxylic acids is 2. The number of aryl methyl sites for hydroxylation is 1. The lowest BCUT2D eigenvalue weighted by molar-refractivity contribution is -0.125. The van der Waals surface area contributed by atoms with E-state index in [1.54, 1.807) is 4.90 Å². The number of para-hydroxylation sites is 1. The van der Waals surface area contributed by atoms with Crippen LogP contribution in [0, 0.1) is 6.92 Å². The third kappa shape index (κ3) is 4.11. The molecule has 2 atom stereocenters. The summed E-state index contributed by atoms with van der Waals surface area (Å²) in [5.74, 6) is -0.192. The molecule has 34 heavy (non-hydrogen) atoms. The third-order valence-corrected chi connectivity index (χ3v) is 7.36. The van der Waals surface area contributed by atoms with Crippen LogP contribution in [-0.2, 0) is 11.8 Å². The number of nitrogens with one attached hydrogen (secondary N) is 1. The van der Waals surface area contributed by atoms with Crippen molar-refractivity contribution >= 4 is 22.7 Å². The number of benzene rings is 2. The normalized spacial score (nSPS) is 16.4. The lowest BCUT2D eigenvalue weighted by Crippen LogP contribution is -2.47. The summed E-state index contributed by atoms with van der Waals surface area (Å²) in [5.41, 5.74) is 4.97. The summed E-state index contributed by atoms with van der Waals surface area (Å²) in [6.07, 6.45) is 0.889. The van der Waals surface area contributed by atoms with Gasteiger partial charge in [-0.25, -0.2) is 0 Å². The number of nitrogens with zero attached hydrogens (tertiary/aromatic N) is 3. The van der Waals surface area contributed by atoms with Crippen molar-refractivity contribution in [3.05, 3.63) is 70.9 Å². The van der Waals surface area contributed by atoms with E-state index in [0.717, 1.165) is 53.8 Å². The van der Waals surface area contributed by atoms with Gasteiger partial charge in [0, 0.05) is 41.3 Å². The first kappa shape index (κ1) is 24.0. The highest BCUT2D eigenvalue weighted by Gasteiger charge is 2.43. The van der Waals surface area contributed by atoms with E-state index < -0.39 is 6.04 Å². The summed E-state index contributed by atoms with van der Waals surface area (Å²) in [7, 11) is 2.06. The maximum Gasteiger partial charge on any atom is 0.255 e. The lowest BCUT2D eigenvalue weighted by atomic mass is 9.95. The molecule has 180 valence electrons. The molecule has 2 unspecified atom stereocenters. The second-order valence-corrected chi connectivity index (χ2v) is 9.12.